The van der Waals surface area contributed by atoms with Gasteiger partial charge < -0.3 is 4.31 Å². The fourth-order valence-corrected chi connectivity index (χ4v) is 2.81. The number of nitrogens with zero attached hydrogens (tertiary/aromatic N) is 3. The predicted molar refractivity (Wildman–Crippen MR) is 76.5 cm³/mol. The van der Waals surface area contributed by atoms with Crippen molar-refractivity contribution in [1.29, 1.82) is 0 Å². The van der Waals surface area contributed by atoms with Crippen molar-refractivity contribution in [3.63, 3.8) is 0 Å². The summed E-state index contributed by atoms with van der Waals surface area (Å²) in [6, 6.07) is 9.97. The highest BCUT2D eigenvalue weighted by Crippen LogP contribution is 2.38. The van der Waals surface area contributed by atoms with Gasteiger partial charge >= 0.3 is 0 Å². The monoisotopic (exact) mass is 275 g/mol. The summed E-state index contributed by atoms with van der Waals surface area (Å²) < 4.78 is 1.97. The zero-order chi connectivity index (χ0) is 12.5. The van der Waals surface area contributed by atoms with Gasteiger partial charge in [0.05, 0.1) is 10.6 Å². The molecule has 1 aliphatic heterocycles. The first-order chi connectivity index (χ1) is 8.74. The van der Waals surface area contributed by atoms with E-state index in [2.05, 4.69) is 16.0 Å². The van der Waals surface area contributed by atoms with Gasteiger partial charge in [0.15, 0.2) is 0 Å². The molecule has 0 bridgehead atoms. The molecule has 1 aliphatic rings. The molecule has 0 amide bonds. The second-order valence-corrected chi connectivity index (χ2v) is 5.46. The number of fused-ring (bicyclic) bond motifs is 1. The Bertz CT molecular complexity index is 627. The van der Waals surface area contributed by atoms with Crippen molar-refractivity contribution in [2.24, 2.45) is 4.99 Å². The Morgan fingerprint density at radius 2 is 2.17 bits per heavy atom. The first-order valence-corrected chi connectivity index (χ1v) is 6.59. The number of aliphatic imine (C=N–C) groups is 1. The minimum Gasteiger partial charge on any atom is -0.306 e. The fourth-order valence-electron chi connectivity index (χ4n) is 1.79. The van der Waals surface area contributed by atoms with Crippen LogP contribution in [0.5, 0.6) is 0 Å². The van der Waals surface area contributed by atoms with E-state index in [1.54, 1.807) is 18.1 Å². The molecule has 5 heteroatoms. The largest absolute Gasteiger partial charge is 0.306 e. The smallest absolute Gasteiger partial charge is 0.136 e. The molecule has 0 fully saturated rings. The predicted octanol–water partition coefficient (Wildman–Crippen LogP) is 4.01. The summed E-state index contributed by atoms with van der Waals surface area (Å²) in [5.41, 5.74) is 2.99. The number of halogens is 1. The molecule has 0 spiro atoms. The Labute approximate surface area is 115 Å². The summed E-state index contributed by atoms with van der Waals surface area (Å²) >= 11 is 7.76. The van der Waals surface area contributed by atoms with Crippen molar-refractivity contribution >= 4 is 35.6 Å². The van der Waals surface area contributed by atoms with E-state index in [0.29, 0.717) is 5.15 Å². The summed E-state index contributed by atoms with van der Waals surface area (Å²) in [4.78, 5) is 9.59. The number of benzene rings is 1. The molecular weight excluding hydrogens is 266 g/mol. The van der Waals surface area contributed by atoms with E-state index in [1.807, 2.05) is 42.0 Å². The lowest BCUT2D eigenvalue weighted by Gasteiger charge is -2.18. The van der Waals surface area contributed by atoms with Crippen molar-refractivity contribution in [1.82, 2.24) is 9.29 Å². The molecule has 2 heterocycles. The molecule has 1 aromatic carbocycles. The van der Waals surface area contributed by atoms with E-state index in [9.17, 15) is 0 Å². The number of rotatable bonds is 1. The quantitative estimate of drug-likeness (QED) is 0.581. The second kappa shape index (κ2) is 4.63. The van der Waals surface area contributed by atoms with E-state index in [4.69, 9.17) is 11.6 Å². The lowest BCUT2D eigenvalue weighted by atomic mass is 10.1. The molecule has 0 N–H and O–H groups in total. The maximum Gasteiger partial charge on any atom is 0.136 e. The van der Waals surface area contributed by atoms with E-state index < -0.39 is 0 Å². The Morgan fingerprint density at radius 3 is 3.00 bits per heavy atom. The molecule has 18 heavy (non-hydrogen) atoms. The summed E-state index contributed by atoms with van der Waals surface area (Å²) in [6.07, 6.45) is 3.50. The van der Waals surface area contributed by atoms with Gasteiger partial charge in [-0.25, -0.2) is 9.98 Å². The van der Waals surface area contributed by atoms with Crippen LogP contribution in [-0.2, 0) is 0 Å². The molecular formula is C13H10ClN3S. The van der Waals surface area contributed by atoms with Gasteiger partial charge in [-0.05, 0) is 41.8 Å². The Hall–Kier alpha value is -1.52. The molecule has 0 saturated carbocycles. The zero-order valence-corrected chi connectivity index (χ0v) is 11.2. The molecule has 3 rings (SSSR count). The van der Waals surface area contributed by atoms with Gasteiger partial charge in [0.2, 0.25) is 0 Å². The van der Waals surface area contributed by atoms with Crippen LogP contribution in [0.1, 0.15) is 0 Å². The van der Waals surface area contributed by atoms with Crippen molar-refractivity contribution in [3.8, 4) is 11.1 Å². The molecule has 0 radical (unpaired) electrons. The number of hydrogen-bond acceptors (Lipinski definition) is 4. The Kier molecular flexibility index (Phi) is 2.97. The summed E-state index contributed by atoms with van der Waals surface area (Å²) in [5, 5.41) is 0.523. The summed E-state index contributed by atoms with van der Waals surface area (Å²) in [6.45, 7) is 0. The van der Waals surface area contributed by atoms with Gasteiger partial charge in [-0.3, -0.25) is 0 Å². The molecule has 0 saturated heterocycles. The normalized spacial score (nSPS) is 13.6. The topological polar surface area (TPSA) is 28.5 Å². The van der Waals surface area contributed by atoms with Crippen molar-refractivity contribution in [3.05, 3.63) is 41.7 Å². The zero-order valence-electron chi connectivity index (χ0n) is 9.67. The van der Waals surface area contributed by atoms with Gasteiger partial charge in [-0.1, -0.05) is 17.7 Å². The highest BCUT2D eigenvalue weighted by molar-refractivity contribution is 7.97. The van der Waals surface area contributed by atoms with E-state index in [1.165, 1.54) is 0 Å². The van der Waals surface area contributed by atoms with E-state index in [0.717, 1.165) is 21.7 Å². The fraction of sp³-hybridized carbons (Fsp3) is 0.0769. The maximum atomic E-state index is 6.11. The third-order valence-corrected chi connectivity index (χ3v) is 3.84. The van der Waals surface area contributed by atoms with Gasteiger partial charge in [0, 0.05) is 18.8 Å². The molecule has 1 aromatic heterocycles. The van der Waals surface area contributed by atoms with Crippen LogP contribution in [0.25, 0.3) is 11.1 Å². The maximum absolute atomic E-state index is 6.11. The molecule has 3 nitrogen and oxygen atoms in total. The summed E-state index contributed by atoms with van der Waals surface area (Å²) in [5.74, 6) is 0. The van der Waals surface area contributed by atoms with Crippen LogP contribution in [0.4, 0.5) is 5.69 Å². The molecule has 0 aliphatic carbocycles. The third-order valence-electron chi connectivity index (χ3n) is 2.63. The minimum atomic E-state index is 0.523. The second-order valence-electron chi connectivity index (χ2n) is 3.91. The van der Waals surface area contributed by atoms with E-state index >= 15 is 0 Å². The van der Waals surface area contributed by atoms with Gasteiger partial charge in [-0.2, -0.15) is 0 Å². The van der Waals surface area contributed by atoms with Crippen LogP contribution in [-0.4, -0.2) is 22.7 Å². The highest BCUT2D eigenvalue weighted by Gasteiger charge is 2.12. The summed E-state index contributed by atoms with van der Waals surface area (Å²) in [7, 11) is 1.97. The van der Waals surface area contributed by atoms with Crippen LogP contribution in [0, 0.1) is 0 Å². The van der Waals surface area contributed by atoms with Crippen LogP contribution in [0.2, 0.25) is 5.15 Å². The lowest BCUT2D eigenvalue weighted by Crippen LogP contribution is -2.08. The average Bonchev–Trinajstić information content (AvgIpc) is 2.38. The molecule has 0 unspecified atom stereocenters. The van der Waals surface area contributed by atoms with Crippen LogP contribution >= 0.6 is 23.5 Å². The van der Waals surface area contributed by atoms with E-state index in [-0.39, 0.29) is 0 Å². The van der Waals surface area contributed by atoms with Crippen molar-refractivity contribution < 1.29 is 0 Å². The number of hydrogen-bond donors (Lipinski definition) is 0. The van der Waals surface area contributed by atoms with Crippen LogP contribution in [0.15, 0.2) is 46.4 Å². The van der Waals surface area contributed by atoms with Crippen molar-refractivity contribution in [2.45, 2.75) is 4.90 Å². The van der Waals surface area contributed by atoms with Crippen molar-refractivity contribution in [2.75, 3.05) is 7.05 Å². The SMILES string of the molecule is CN1C=Nc2ccc(-c3cccnc3Cl)cc2S1. The first-order valence-electron chi connectivity index (χ1n) is 5.44. The van der Waals surface area contributed by atoms with Gasteiger partial charge in [-0.15, -0.1) is 0 Å². The Balaban J connectivity index is 2.08. The highest BCUT2D eigenvalue weighted by atomic mass is 35.5. The van der Waals surface area contributed by atoms with Crippen LogP contribution < -0.4 is 0 Å². The third kappa shape index (κ3) is 2.09. The van der Waals surface area contributed by atoms with Gasteiger partial charge in [0.1, 0.15) is 11.5 Å². The molecule has 90 valence electrons. The lowest BCUT2D eigenvalue weighted by molar-refractivity contribution is 0.860. The minimum absolute atomic E-state index is 0.523. The molecule has 2 aromatic rings. The Morgan fingerprint density at radius 1 is 1.28 bits per heavy atom. The van der Waals surface area contributed by atoms with Crippen LogP contribution in [0.3, 0.4) is 0 Å². The molecule has 0 atom stereocenters. The first kappa shape index (κ1) is 11.6. The van der Waals surface area contributed by atoms with Gasteiger partial charge in [0.25, 0.3) is 0 Å². The standard InChI is InChI=1S/C13H10ClN3S/c1-17-8-16-11-5-4-9(7-12(11)18-17)10-3-2-6-15-13(10)14/h2-8H,1H3. The average molecular weight is 276 g/mol. The number of aromatic nitrogens is 1. The number of pyridine rings is 1.